The average molecular weight is 335 g/mol. The Morgan fingerprint density at radius 3 is 3.00 bits per heavy atom. The zero-order valence-electron chi connectivity index (χ0n) is 11.6. The molecule has 0 bridgehead atoms. The van der Waals surface area contributed by atoms with Crippen LogP contribution < -0.4 is 0 Å². The molecule has 1 aromatic heterocycles. The van der Waals surface area contributed by atoms with Crippen molar-refractivity contribution in [3.8, 4) is 0 Å². The van der Waals surface area contributed by atoms with Crippen molar-refractivity contribution in [1.82, 2.24) is 9.78 Å². The first-order valence-electron chi connectivity index (χ1n) is 7.09. The van der Waals surface area contributed by atoms with Crippen LogP contribution in [0.5, 0.6) is 0 Å². The summed E-state index contributed by atoms with van der Waals surface area (Å²) in [6, 6.07) is 6.35. The molecule has 0 spiro atoms. The van der Waals surface area contributed by atoms with Crippen LogP contribution in [0.25, 0.3) is 0 Å². The predicted molar refractivity (Wildman–Crippen MR) is 82.7 cm³/mol. The summed E-state index contributed by atoms with van der Waals surface area (Å²) in [5.74, 6) is 0. The molecule has 0 aliphatic heterocycles. The molecule has 1 heterocycles. The van der Waals surface area contributed by atoms with Gasteiger partial charge in [0.25, 0.3) is 0 Å². The molecule has 3 nitrogen and oxygen atoms in total. The molecule has 4 heteroatoms. The Bertz CT molecular complexity index is 623. The first kappa shape index (κ1) is 13.8. The zero-order valence-corrected chi connectivity index (χ0v) is 13.2. The Morgan fingerprint density at radius 1 is 1.40 bits per heavy atom. The maximum absolute atomic E-state index is 10.9. The minimum atomic E-state index is -0.636. The van der Waals surface area contributed by atoms with Crippen LogP contribution in [-0.4, -0.2) is 20.5 Å². The number of halogens is 1. The summed E-state index contributed by atoms with van der Waals surface area (Å²) in [6.45, 7) is 2.94. The Balaban J connectivity index is 1.78. The smallest absolute Gasteiger partial charge is 0.0732 e. The van der Waals surface area contributed by atoms with Crippen LogP contribution in [-0.2, 0) is 25.8 Å². The summed E-state index contributed by atoms with van der Waals surface area (Å²) in [5.41, 5.74) is 3.11. The summed E-state index contributed by atoms with van der Waals surface area (Å²) >= 11 is 3.51. The van der Waals surface area contributed by atoms with E-state index in [0.29, 0.717) is 6.42 Å². The van der Waals surface area contributed by atoms with Crippen LogP contribution in [0.15, 0.2) is 35.1 Å². The lowest BCUT2D eigenvalue weighted by Gasteiger charge is -2.33. The molecule has 0 saturated heterocycles. The number of aliphatic hydroxyl groups is 1. The second-order valence-electron chi connectivity index (χ2n) is 5.70. The van der Waals surface area contributed by atoms with Crippen molar-refractivity contribution in [3.63, 3.8) is 0 Å². The monoisotopic (exact) mass is 334 g/mol. The summed E-state index contributed by atoms with van der Waals surface area (Å²) in [4.78, 5) is 0. The highest BCUT2D eigenvalue weighted by Crippen LogP contribution is 2.32. The summed E-state index contributed by atoms with van der Waals surface area (Å²) in [7, 11) is 0. The Morgan fingerprint density at radius 2 is 2.25 bits per heavy atom. The standard InChI is InChI=1S/C16H19BrN2O/c1-2-19-11-12(10-18-19)8-16(20)6-5-13-7-15(17)4-3-14(13)9-16/h3-4,7,10-11,20H,2,5-6,8-9H2,1H3. The highest BCUT2D eigenvalue weighted by Gasteiger charge is 2.32. The van der Waals surface area contributed by atoms with E-state index in [1.807, 2.05) is 17.1 Å². The van der Waals surface area contributed by atoms with Crippen LogP contribution >= 0.6 is 15.9 Å². The third-order valence-electron chi connectivity index (χ3n) is 4.09. The molecule has 1 unspecified atom stereocenters. The van der Waals surface area contributed by atoms with Crippen molar-refractivity contribution in [3.05, 3.63) is 51.8 Å². The molecule has 0 radical (unpaired) electrons. The molecule has 20 heavy (non-hydrogen) atoms. The van der Waals surface area contributed by atoms with Gasteiger partial charge >= 0.3 is 0 Å². The van der Waals surface area contributed by atoms with Gasteiger partial charge in [0.05, 0.1) is 11.8 Å². The van der Waals surface area contributed by atoms with Gasteiger partial charge < -0.3 is 5.11 Å². The number of fused-ring (bicyclic) bond motifs is 1. The van der Waals surface area contributed by atoms with Gasteiger partial charge in [0.1, 0.15) is 0 Å². The molecule has 1 N–H and O–H groups in total. The van der Waals surface area contributed by atoms with Crippen molar-refractivity contribution in [2.75, 3.05) is 0 Å². The molecule has 2 aromatic rings. The van der Waals surface area contributed by atoms with E-state index in [4.69, 9.17) is 0 Å². The Labute approximate surface area is 127 Å². The maximum Gasteiger partial charge on any atom is 0.0732 e. The quantitative estimate of drug-likeness (QED) is 0.936. The molecular weight excluding hydrogens is 316 g/mol. The van der Waals surface area contributed by atoms with Crippen LogP contribution in [0, 0.1) is 0 Å². The molecule has 1 aliphatic rings. The molecule has 1 aliphatic carbocycles. The van der Waals surface area contributed by atoms with Gasteiger partial charge in [-0.2, -0.15) is 5.10 Å². The van der Waals surface area contributed by atoms with Gasteiger partial charge in [-0.05, 0) is 48.6 Å². The van der Waals surface area contributed by atoms with Gasteiger partial charge in [0.15, 0.2) is 0 Å². The summed E-state index contributed by atoms with van der Waals surface area (Å²) < 4.78 is 3.03. The van der Waals surface area contributed by atoms with E-state index >= 15 is 0 Å². The largest absolute Gasteiger partial charge is 0.389 e. The van der Waals surface area contributed by atoms with Crippen molar-refractivity contribution < 1.29 is 5.11 Å². The molecule has 1 atom stereocenters. The molecule has 3 rings (SSSR count). The number of aryl methyl sites for hydroxylation is 2. The SMILES string of the molecule is CCn1cc(CC2(O)CCc3cc(Br)ccc3C2)cn1. The minimum Gasteiger partial charge on any atom is -0.389 e. The number of rotatable bonds is 3. The van der Waals surface area contributed by atoms with Gasteiger partial charge in [0, 0.05) is 30.1 Å². The fourth-order valence-corrected chi connectivity index (χ4v) is 3.42. The fourth-order valence-electron chi connectivity index (χ4n) is 3.01. The van der Waals surface area contributed by atoms with E-state index < -0.39 is 5.60 Å². The van der Waals surface area contributed by atoms with Crippen LogP contribution in [0.2, 0.25) is 0 Å². The van der Waals surface area contributed by atoms with Crippen molar-refractivity contribution in [2.24, 2.45) is 0 Å². The second-order valence-corrected chi connectivity index (χ2v) is 6.61. The lowest BCUT2D eigenvalue weighted by atomic mass is 9.77. The predicted octanol–water partition coefficient (Wildman–Crippen LogP) is 3.13. The van der Waals surface area contributed by atoms with Crippen molar-refractivity contribution in [1.29, 1.82) is 0 Å². The van der Waals surface area contributed by atoms with E-state index in [1.165, 1.54) is 11.1 Å². The summed E-state index contributed by atoms with van der Waals surface area (Å²) in [6.07, 6.45) is 7.07. The lowest BCUT2D eigenvalue weighted by Crippen LogP contribution is -2.38. The molecular formula is C16H19BrN2O. The van der Waals surface area contributed by atoms with Crippen LogP contribution in [0.4, 0.5) is 0 Å². The van der Waals surface area contributed by atoms with Gasteiger partial charge in [-0.1, -0.05) is 22.0 Å². The molecule has 1 aromatic carbocycles. The van der Waals surface area contributed by atoms with Crippen molar-refractivity contribution >= 4 is 15.9 Å². The zero-order chi connectivity index (χ0) is 14.2. The van der Waals surface area contributed by atoms with E-state index in [1.54, 1.807) is 0 Å². The normalized spacial score (nSPS) is 21.8. The Kier molecular flexibility index (Phi) is 3.69. The van der Waals surface area contributed by atoms with Crippen molar-refractivity contribution in [2.45, 2.75) is 44.8 Å². The molecule has 0 fully saturated rings. The number of hydrogen-bond acceptors (Lipinski definition) is 2. The maximum atomic E-state index is 10.9. The number of nitrogens with zero attached hydrogens (tertiary/aromatic N) is 2. The second kappa shape index (κ2) is 5.34. The third-order valence-corrected chi connectivity index (χ3v) is 4.58. The number of benzene rings is 1. The number of hydrogen-bond donors (Lipinski definition) is 1. The Hall–Kier alpha value is -1.13. The van der Waals surface area contributed by atoms with Gasteiger partial charge in [-0.3, -0.25) is 4.68 Å². The molecule has 0 amide bonds. The molecule has 106 valence electrons. The first-order valence-corrected chi connectivity index (χ1v) is 7.88. The lowest BCUT2D eigenvalue weighted by molar-refractivity contribution is 0.0267. The van der Waals surface area contributed by atoms with E-state index in [0.717, 1.165) is 35.8 Å². The van der Waals surface area contributed by atoms with Crippen LogP contribution in [0.3, 0.4) is 0 Å². The third kappa shape index (κ3) is 2.81. The molecule has 0 saturated carbocycles. The first-order chi connectivity index (χ1) is 9.58. The van der Waals surface area contributed by atoms with Gasteiger partial charge in [0.2, 0.25) is 0 Å². The highest BCUT2D eigenvalue weighted by atomic mass is 79.9. The van der Waals surface area contributed by atoms with Gasteiger partial charge in [-0.15, -0.1) is 0 Å². The number of aromatic nitrogens is 2. The average Bonchev–Trinajstić information content (AvgIpc) is 2.86. The fraction of sp³-hybridized carbons (Fsp3) is 0.438. The summed E-state index contributed by atoms with van der Waals surface area (Å²) in [5, 5.41) is 15.2. The highest BCUT2D eigenvalue weighted by molar-refractivity contribution is 9.10. The minimum absolute atomic E-state index is 0.636. The van der Waals surface area contributed by atoms with E-state index in [-0.39, 0.29) is 0 Å². The van der Waals surface area contributed by atoms with Crippen LogP contribution in [0.1, 0.15) is 30.0 Å². The topological polar surface area (TPSA) is 38.0 Å². The van der Waals surface area contributed by atoms with Gasteiger partial charge in [-0.25, -0.2) is 0 Å². The van der Waals surface area contributed by atoms with E-state index in [9.17, 15) is 5.11 Å². The van der Waals surface area contributed by atoms with E-state index in [2.05, 4.69) is 46.2 Å².